The number of benzene rings is 2. The van der Waals surface area contributed by atoms with Crippen LogP contribution in [0.25, 0.3) is 33.3 Å². The summed E-state index contributed by atoms with van der Waals surface area (Å²) in [5.74, 6) is 2.36. The highest BCUT2D eigenvalue weighted by Gasteiger charge is 2.13. The van der Waals surface area contributed by atoms with Crippen molar-refractivity contribution in [1.29, 1.82) is 0 Å². The first-order chi connectivity index (χ1) is 11.7. The number of hydrogen-bond donors (Lipinski definition) is 1. The van der Waals surface area contributed by atoms with Crippen LogP contribution in [0.2, 0.25) is 0 Å². The van der Waals surface area contributed by atoms with Crippen molar-refractivity contribution in [2.24, 2.45) is 0 Å². The van der Waals surface area contributed by atoms with Gasteiger partial charge in [0, 0.05) is 22.7 Å². The number of rotatable bonds is 3. The smallest absolute Gasteiger partial charge is 0.145 e. The summed E-state index contributed by atoms with van der Waals surface area (Å²) in [5.41, 5.74) is 4.62. The molecule has 0 amide bonds. The average Bonchev–Trinajstić information content (AvgIpc) is 3.03. The molecule has 1 N–H and O–H groups in total. The zero-order valence-electron chi connectivity index (χ0n) is 13.8. The zero-order chi connectivity index (χ0) is 16.7. The first kappa shape index (κ1) is 14.5. The lowest BCUT2D eigenvalue weighted by Crippen LogP contribution is -1.92. The van der Waals surface area contributed by atoms with E-state index in [1.807, 2.05) is 43.3 Å². The highest BCUT2D eigenvalue weighted by atomic mass is 16.5. The van der Waals surface area contributed by atoms with Gasteiger partial charge in [-0.3, -0.25) is 0 Å². The van der Waals surface area contributed by atoms with Crippen molar-refractivity contribution in [2.75, 3.05) is 14.2 Å². The Kier molecular flexibility index (Phi) is 3.34. The summed E-state index contributed by atoms with van der Waals surface area (Å²) in [7, 11) is 3.31. The molecule has 0 radical (unpaired) electrons. The van der Waals surface area contributed by atoms with Crippen LogP contribution in [0.15, 0.2) is 42.5 Å². The summed E-state index contributed by atoms with van der Waals surface area (Å²) in [6, 6.07) is 13.8. The van der Waals surface area contributed by atoms with Gasteiger partial charge in [-0.05, 0) is 37.3 Å². The topological polar surface area (TPSA) is 60.0 Å². The molecule has 0 bridgehead atoms. The van der Waals surface area contributed by atoms with Gasteiger partial charge in [0.15, 0.2) is 0 Å². The fourth-order valence-corrected chi connectivity index (χ4v) is 2.90. The minimum absolute atomic E-state index is 0.759. The van der Waals surface area contributed by atoms with Crippen LogP contribution in [0.4, 0.5) is 0 Å². The second-order valence-corrected chi connectivity index (χ2v) is 5.63. The molecule has 4 aromatic rings. The number of aromatic amines is 1. The van der Waals surface area contributed by atoms with E-state index in [0.29, 0.717) is 0 Å². The summed E-state index contributed by atoms with van der Waals surface area (Å²) in [4.78, 5) is 12.7. The summed E-state index contributed by atoms with van der Waals surface area (Å²) >= 11 is 0. The number of nitrogens with zero attached hydrogens (tertiary/aromatic N) is 2. The Morgan fingerprint density at radius 1 is 0.917 bits per heavy atom. The predicted molar refractivity (Wildman–Crippen MR) is 94.7 cm³/mol. The molecule has 0 aliphatic rings. The number of aromatic nitrogens is 3. The maximum atomic E-state index is 5.45. The Morgan fingerprint density at radius 2 is 1.79 bits per heavy atom. The number of pyridine rings is 1. The Hall–Kier alpha value is -3.08. The Bertz CT molecular complexity index is 1050. The van der Waals surface area contributed by atoms with Gasteiger partial charge in [0.2, 0.25) is 0 Å². The summed E-state index contributed by atoms with van der Waals surface area (Å²) in [6.45, 7) is 1.97. The van der Waals surface area contributed by atoms with Crippen molar-refractivity contribution < 1.29 is 9.47 Å². The van der Waals surface area contributed by atoms with Crippen LogP contribution in [0.1, 0.15) is 5.69 Å². The van der Waals surface area contributed by atoms with Crippen LogP contribution in [-0.2, 0) is 0 Å². The van der Waals surface area contributed by atoms with Gasteiger partial charge in [0.25, 0.3) is 0 Å². The summed E-state index contributed by atoms with van der Waals surface area (Å²) in [6.07, 6.45) is 0. The number of imidazole rings is 1. The van der Waals surface area contributed by atoms with E-state index in [-0.39, 0.29) is 0 Å². The van der Waals surface area contributed by atoms with Crippen LogP contribution in [0, 0.1) is 6.92 Å². The summed E-state index contributed by atoms with van der Waals surface area (Å²) < 4.78 is 10.7. The standard InChI is InChI=1S/C19H17N3O2/c1-11-4-6-13-14(7-9-17(24-3)18(13)20-11)19-21-15-8-5-12(23-2)10-16(15)22-19/h4-10H,1-3H3,(H,21,22). The largest absolute Gasteiger partial charge is 0.497 e. The van der Waals surface area contributed by atoms with Crippen molar-refractivity contribution in [2.45, 2.75) is 6.92 Å². The van der Waals surface area contributed by atoms with Gasteiger partial charge in [-0.1, -0.05) is 6.07 Å². The molecule has 120 valence electrons. The van der Waals surface area contributed by atoms with Gasteiger partial charge >= 0.3 is 0 Å². The normalized spacial score (nSPS) is 11.1. The molecule has 0 spiro atoms. The van der Waals surface area contributed by atoms with Crippen LogP contribution < -0.4 is 9.47 Å². The molecule has 0 fully saturated rings. The molecule has 0 aliphatic heterocycles. The van der Waals surface area contributed by atoms with E-state index in [4.69, 9.17) is 14.5 Å². The van der Waals surface area contributed by atoms with E-state index in [0.717, 1.165) is 50.5 Å². The number of aryl methyl sites for hydroxylation is 1. The predicted octanol–water partition coefficient (Wildman–Crippen LogP) is 4.10. The SMILES string of the molecule is COc1ccc2nc(-c3ccc(OC)c4nc(C)ccc34)[nH]c2c1. The van der Waals surface area contributed by atoms with Crippen LogP contribution in [-0.4, -0.2) is 29.2 Å². The van der Waals surface area contributed by atoms with Crippen LogP contribution in [0.3, 0.4) is 0 Å². The van der Waals surface area contributed by atoms with E-state index >= 15 is 0 Å². The van der Waals surface area contributed by atoms with Gasteiger partial charge in [0.1, 0.15) is 22.8 Å². The maximum Gasteiger partial charge on any atom is 0.145 e. The number of H-pyrrole nitrogens is 1. The monoisotopic (exact) mass is 319 g/mol. The molecule has 0 aliphatic carbocycles. The van der Waals surface area contributed by atoms with Crippen molar-refractivity contribution in [3.63, 3.8) is 0 Å². The molecule has 24 heavy (non-hydrogen) atoms. The quantitative estimate of drug-likeness (QED) is 0.617. The average molecular weight is 319 g/mol. The fourth-order valence-electron chi connectivity index (χ4n) is 2.90. The van der Waals surface area contributed by atoms with Gasteiger partial charge in [0.05, 0.1) is 25.3 Å². The Morgan fingerprint density at radius 3 is 2.58 bits per heavy atom. The molecule has 5 heteroatoms. The third kappa shape index (κ3) is 2.25. The molecule has 0 saturated heterocycles. The van der Waals surface area contributed by atoms with Crippen molar-refractivity contribution >= 4 is 21.9 Å². The first-order valence-electron chi connectivity index (χ1n) is 7.68. The van der Waals surface area contributed by atoms with E-state index in [1.54, 1.807) is 14.2 Å². The van der Waals surface area contributed by atoms with E-state index in [9.17, 15) is 0 Å². The molecular formula is C19H17N3O2. The van der Waals surface area contributed by atoms with E-state index < -0.39 is 0 Å². The number of ether oxygens (including phenoxy) is 2. The molecular weight excluding hydrogens is 302 g/mol. The molecule has 2 heterocycles. The first-order valence-corrected chi connectivity index (χ1v) is 7.68. The van der Waals surface area contributed by atoms with Gasteiger partial charge < -0.3 is 14.5 Å². The molecule has 5 nitrogen and oxygen atoms in total. The minimum atomic E-state index is 0.759. The second-order valence-electron chi connectivity index (χ2n) is 5.63. The van der Waals surface area contributed by atoms with Crippen molar-refractivity contribution in [3.8, 4) is 22.9 Å². The third-order valence-corrected chi connectivity index (χ3v) is 4.12. The second kappa shape index (κ2) is 5.53. The van der Waals surface area contributed by atoms with Crippen LogP contribution in [0.5, 0.6) is 11.5 Å². The third-order valence-electron chi connectivity index (χ3n) is 4.12. The lowest BCUT2D eigenvalue weighted by molar-refractivity contribution is 0.415. The molecule has 2 aromatic carbocycles. The van der Waals surface area contributed by atoms with Crippen LogP contribution >= 0.6 is 0 Å². The molecule has 2 aromatic heterocycles. The highest BCUT2D eigenvalue weighted by Crippen LogP contribution is 2.33. The lowest BCUT2D eigenvalue weighted by atomic mass is 10.1. The van der Waals surface area contributed by atoms with Crippen molar-refractivity contribution in [1.82, 2.24) is 15.0 Å². The summed E-state index contributed by atoms with van der Waals surface area (Å²) in [5, 5.41) is 1.01. The molecule has 4 rings (SSSR count). The Balaban J connectivity index is 1.96. The van der Waals surface area contributed by atoms with Gasteiger partial charge in [-0.25, -0.2) is 9.97 Å². The number of methoxy groups -OCH3 is 2. The fraction of sp³-hybridized carbons (Fsp3) is 0.158. The number of fused-ring (bicyclic) bond motifs is 2. The molecule has 0 saturated carbocycles. The lowest BCUT2D eigenvalue weighted by Gasteiger charge is -2.09. The zero-order valence-corrected chi connectivity index (χ0v) is 13.8. The minimum Gasteiger partial charge on any atom is -0.497 e. The maximum absolute atomic E-state index is 5.45. The van der Waals surface area contributed by atoms with Gasteiger partial charge in [-0.15, -0.1) is 0 Å². The van der Waals surface area contributed by atoms with E-state index in [2.05, 4.69) is 16.0 Å². The van der Waals surface area contributed by atoms with Crippen molar-refractivity contribution in [3.05, 3.63) is 48.2 Å². The number of hydrogen-bond acceptors (Lipinski definition) is 4. The Labute approximate surface area is 139 Å². The number of nitrogens with one attached hydrogen (secondary N) is 1. The molecule has 0 unspecified atom stereocenters. The van der Waals surface area contributed by atoms with E-state index in [1.165, 1.54) is 0 Å². The van der Waals surface area contributed by atoms with Gasteiger partial charge in [-0.2, -0.15) is 0 Å². The molecule has 0 atom stereocenters. The highest BCUT2D eigenvalue weighted by molar-refractivity contribution is 5.97.